The van der Waals surface area contributed by atoms with Crippen LogP contribution in [0.2, 0.25) is 0 Å². The summed E-state index contributed by atoms with van der Waals surface area (Å²) in [6.45, 7) is 9.94. The van der Waals surface area contributed by atoms with Crippen LogP contribution in [0.4, 0.5) is 52.7 Å². The van der Waals surface area contributed by atoms with Gasteiger partial charge in [-0.3, -0.25) is 0 Å². The minimum atomic E-state index is -5.31. The van der Waals surface area contributed by atoms with Crippen molar-refractivity contribution in [2.45, 2.75) is 59.3 Å². The molecule has 0 unspecified atom stereocenters. The maximum atomic E-state index is 14.9. The molecule has 16 heteroatoms. The van der Waals surface area contributed by atoms with Gasteiger partial charge in [0, 0.05) is 27.1 Å². The van der Waals surface area contributed by atoms with E-state index in [1.54, 1.807) is 28.8 Å². The van der Waals surface area contributed by atoms with Crippen LogP contribution < -0.4 is 0 Å². The zero-order chi connectivity index (χ0) is 62.0. The first-order valence-corrected chi connectivity index (χ1v) is 27.1. The molecule has 12 aromatic rings. The van der Waals surface area contributed by atoms with Gasteiger partial charge in [0.15, 0.2) is 0 Å². The van der Waals surface area contributed by atoms with Crippen LogP contribution in [0.25, 0.3) is 111 Å². The Morgan fingerprint density at radius 2 is 0.701 bits per heavy atom. The van der Waals surface area contributed by atoms with Gasteiger partial charge >= 0.3 is 24.7 Å². The van der Waals surface area contributed by atoms with Gasteiger partial charge in [0.05, 0.1) is 72.9 Å². The molecule has 0 saturated heterocycles. The van der Waals surface area contributed by atoms with E-state index >= 15 is 0 Å². The number of hydrogen-bond donors (Lipinski definition) is 0. The van der Waals surface area contributed by atoms with Crippen molar-refractivity contribution in [3.05, 3.63) is 237 Å². The van der Waals surface area contributed by atoms with Crippen molar-refractivity contribution in [3.8, 4) is 79.1 Å². The molecule has 87 heavy (non-hydrogen) atoms. The van der Waals surface area contributed by atoms with E-state index in [4.69, 9.17) is 0 Å². The molecule has 0 spiro atoms. The van der Waals surface area contributed by atoms with Gasteiger partial charge in [-0.05, 0) is 198 Å². The number of benzene rings is 10. The molecule has 0 saturated carbocycles. The quantitative estimate of drug-likeness (QED) is 0.149. The summed E-state index contributed by atoms with van der Waals surface area (Å²) in [5.74, 6) is 0. The van der Waals surface area contributed by atoms with E-state index in [1.165, 1.54) is 36.4 Å². The van der Waals surface area contributed by atoms with Crippen LogP contribution in [-0.4, -0.2) is 9.13 Å². The molecular formula is C71H44F12N4. The molecule has 0 radical (unpaired) electrons. The van der Waals surface area contributed by atoms with Crippen molar-refractivity contribution in [1.29, 1.82) is 10.5 Å². The van der Waals surface area contributed by atoms with Crippen LogP contribution in [0.5, 0.6) is 0 Å². The molecule has 0 N–H and O–H groups in total. The number of nitrogens with zero attached hydrogens (tertiary/aromatic N) is 4. The summed E-state index contributed by atoms with van der Waals surface area (Å²) in [4.78, 5) is 0. The van der Waals surface area contributed by atoms with Gasteiger partial charge in [0.25, 0.3) is 0 Å². The Bertz CT molecular complexity index is 4720. The Hall–Kier alpha value is -10.1. The molecule has 0 fully saturated rings. The first kappa shape index (κ1) is 57.4. The van der Waals surface area contributed by atoms with Gasteiger partial charge in [0.2, 0.25) is 0 Å². The van der Waals surface area contributed by atoms with E-state index < -0.39 is 58.1 Å². The molecule has 12 rings (SSSR count). The van der Waals surface area contributed by atoms with E-state index in [0.29, 0.717) is 52.2 Å². The highest BCUT2D eigenvalue weighted by atomic mass is 19.4. The normalized spacial score (nSPS) is 12.4. The molecule has 0 atom stereocenters. The standard InChI is InChI=1S/C71H44F12N4/c1-37-6-14-51(40(4)22-37)43-8-18-64-56(27-43)57-28-44(52-15-7-38(2)23-41(52)5)9-19-65(57)87(64)67-31-48(36-85)66(34-55(67)47-25-39(3)24-42(26-47)35-84)86-62-20-10-45(53-16-12-49(68(72,73)74)32-60(53)70(78,79)80)29-58(62)59-30-46(11-21-63(59)86)54-17-13-50(69(75,76)77)33-61(54)71(81,82)83/h6-34H,1-5H3. The lowest BCUT2D eigenvalue weighted by Crippen LogP contribution is -2.12. The number of halogens is 12. The molecule has 2 heterocycles. The summed E-state index contributed by atoms with van der Waals surface area (Å²) >= 11 is 0. The molecule has 0 amide bonds. The highest BCUT2D eigenvalue weighted by molar-refractivity contribution is 6.14. The second-order valence-corrected chi connectivity index (χ2v) is 21.9. The predicted octanol–water partition coefficient (Wildman–Crippen LogP) is 21.6. The Labute approximate surface area is 489 Å². The van der Waals surface area contributed by atoms with Crippen LogP contribution in [0.3, 0.4) is 0 Å². The fourth-order valence-electron chi connectivity index (χ4n) is 12.2. The lowest BCUT2D eigenvalue weighted by atomic mass is 9.94. The van der Waals surface area contributed by atoms with Gasteiger partial charge in [-0.15, -0.1) is 0 Å². The maximum Gasteiger partial charge on any atom is 0.417 e. The number of hydrogen-bond acceptors (Lipinski definition) is 2. The fourth-order valence-corrected chi connectivity index (χ4v) is 12.2. The molecule has 0 aliphatic rings. The zero-order valence-electron chi connectivity index (χ0n) is 46.6. The molecule has 0 aliphatic heterocycles. The van der Waals surface area contributed by atoms with E-state index in [-0.39, 0.29) is 56.3 Å². The third-order valence-corrected chi connectivity index (χ3v) is 16.1. The highest BCUT2D eigenvalue weighted by Crippen LogP contribution is 2.48. The molecular weight excluding hydrogens is 1140 g/mol. The van der Waals surface area contributed by atoms with Crippen molar-refractivity contribution in [1.82, 2.24) is 9.13 Å². The number of aromatic nitrogens is 2. The molecule has 2 aromatic heterocycles. The summed E-state index contributed by atoms with van der Waals surface area (Å²) in [5.41, 5.74) is 4.48. The topological polar surface area (TPSA) is 57.4 Å². The first-order valence-electron chi connectivity index (χ1n) is 27.1. The summed E-state index contributed by atoms with van der Waals surface area (Å²) in [6.07, 6.45) is -20.9. The van der Waals surface area contributed by atoms with Gasteiger partial charge in [0.1, 0.15) is 6.07 Å². The van der Waals surface area contributed by atoms with Crippen LogP contribution >= 0.6 is 0 Å². The summed E-state index contributed by atoms with van der Waals surface area (Å²) in [6, 6.07) is 48.0. The highest BCUT2D eigenvalue weighted by Gasteiger charge is 2.40. The molecule has 0 bridgehead atoms. The van der Waals surface area contributed by atoms with Crippen molar-refractivity contribution < 1.29 is 52.7 Å². The minimum absolute atomic E-state index is 0.0135. The Morgan fingerprint density at radius 1 is 0.310 bits per heavy atom. The van der Waals surface area contributed by atoms with Crippen molar-refractivity contribution >= 4 is 43.6 Å². The average molecular weight is 1180 g/mol. The lowest BCUT2D eigenvalue weighted by Gasteiger charge is -2.20. The number of alkyl halides is 12. The first-order chi connectivity index (χ1) is 41.1. The smallest absolute Gasteiger partial charge is 0.309 e. The Kier molecular flexibility index (Phi) is 13.6. The Morgan fingerprint density at radius 3 is 1.07 bits per heavy atom. The molecule has 0 aliphatic carbocycles. The second kappa shape index (κ2) is 20.6. The van der Waals surface area contributed by atoms with Gasteiger partial charge in [-0.1, -0.05) is 90.0 Å². The fraction of sp³-hybridized carbons (Fsp3) is 0.127. The predicted molar refractivity (Wildman–Crippen MR) is 315 cm³/mol. The largest absolute Gasteiger partial charge is 0.417 e. The van der Waals surface area contributed by atoms with Gasteiger partial charge in [-0.2, -0.15) is 63.2 Å². The average Bonchev–Trinajstić information content (AvgIpc) is 1.64. The summed E-state index contributed by atoms with van der Waals surface area (Å²) < 4.78 is 176. The van der Waals surface area contributed by atoms with Crippen molar-refractivity contribution in [3.63, 3.8) is 0 Å². The lowest BCUT2D eigenvalue weighted by molar-refractivity contribution is -0.144. The third-order valence-electron chi connectivity index (χ3n) is 16.1. The zero-order valence-corrected chi connectivity index (χ0v) is 46.6. The third kappa shape index (κ3) is 10.2. The van der Waals surface area contributed by atoms with Crippen LogP contribution in [-0.2, 0) is 24.7 Å². The SMILES string of the molecule is Cc1cc(C#N)cc(-c2cc(-n3c4ccc(-c5ccc(C(F)(F)F)cc5C(F)(F)F)cc4c4cc(-c5ccc(C(F)(F)F)cc5C(F)(F)F)ccc43)c(C#N)cc2-n2c3ccc(-c4ccc(C)cc4C)cc3c3cc(-c4ccc(C)cc4C)ccc32)c1. The number of nitriles is 2. The van der Waals surface area contributed by atoms with Crippen LogP contribution in [0, 0.1) is 57.3 Å². The molecule has 432 valence electrons. The maximum absolute atomic E-state index is 14.9. The minimum Gasteiger partial charge on any atom is -0.309 e. The van der Waals surface area contributed by atoms with Crippen LogP contribution in [0.1, 0.15) is 61.2 Å². The van der Waals surface area contributed by atoms with Gasteiger partial charge < -0.3 is 9.13 Å². The van der Waals surface area contributed by atoms with Crippen molar-refractivity contribution in [2.75, 3.05) is 0 Å². The van der Waals surface area contributed by atoms with E-state index in [1.807, 2.05) is 81.7 Å². The van der Waals surface area contributed by atoms with E-state index in [0.717, 1.165) is 66.3 Å². The number of aryl methyl sites for hydroxylation is 5. The summed E-state index contributed by atoms with van der Waals surface area (Å²) in [5, 5.41) is 23.7. The number of rotatable bonds is 7. The van der Waals surface area contributed by atoms with Gasteiger partial charge in [-0.25, -0.2) is 0 Å². The monoisotopic (exact) mass is 1180 g/mol. The number of fused-ring (bicyclic) bond motifs is 6. The Balaban J connectivity index is 1.17. The van der Waals surface area contributed by atoms with Crippen LogP contribution in [0.15, 0.2) is 176 Å². The van der Waals surface area contributed by atoms with E-state index in [2.05, 4.69) is 48.5 Å². The summed E-state index contributed by atoms with van der Waals surface area (Å²) in [7, 11) is 0. The van der Waals surface area contributed by atoms with E-state index in [9.17, 15) is 63.2 Å². The molecule has 4 nitrogen and oxygen atoms in total. The molecule has 10 aromatic carbocycles. The van der Waals surface area contributed by atoms with Crippen molar-refractivity contribution in [2.24, 2.45) is 0 Å². The second-order valence-electron chi connectivity index (χ2n) is 21.9.